The van der Waals surface area contributed by atoms with E-state index in [1.54, 1.807) is 0 Å². The molecule has 0 saturated carbocycles. The smallest absolute Gasteiger partial charge is 0.224 e. The summed E-state index contributed by atoms with van der Waals surface area (Å²) in [6.45, 7) is 11.3. The predicted octanol–water partition coefficient (Wildman–Crippen LogP) is 3.94. The lowest BCUT2D eigenvalue weighted by Crippen LogP contribution is -2.42. The zero-order chi connectivity index (χ0) is 21.9. The zero-order valence-corrected chi connectivity index (χ0v) is 19.1. The zero-order valence-electron chi connectivity index (χ0n) is 19.1. The van der Waals surface area contributed by atoms with Crippen molar-refractivity contribution in [2.24, 2.45) is 5.92 Å². The SMILES string of the molecule is CCN(CC)CCOc1ccccc1CNC(=O)C1CCCN(Cc2ccccc2)C1. The molecule has 3 rings (SSSR count). The molecule has 2 aromatic carbocycles. The average Bonchev–Trinajstić information content (AvgIpc) is 2.82. The van der Waals surface area contributed by atoms with Crippen molar-refractivity contribution in [2.45, 2.75) is 39.8 Å². The van der Waals surface area contributed by atoms with Crippen molar-refractivity contribution in [1.82, 2.24) is 15.1 Å². The molecule has 1 aliphatic heterocycles. The maximum absolute atomic E-state index is 12.9. The van der Waals surface area contributed by atoms with Gasteiger partial charge < -0.3 is 15.0 Å². The average molecular weight is 424 g/mol. The van der Waals surface area contributed by atoms with Gasteiger partial charge in [0.05, 0.1) is 5.92 Å². The first-order valence-corrected chi connectivity index (χ1v) is 11.7. The molecule has 1 saturated heterocycles. The molecule has 31 heavy (non-hydrogen) atoms. The molecule has 5 heteroatoms. The molecular formula is C26H37N3O2. The molecular weight excluding hydrogens is 386 g/mol. The molecule has 2 aromatic rings. The van der Waals surface area contributed by atoms with Crippen molar-refractivity contribution in [3.8, 4) is 5.75 Å². The van der Waals surface area contributed by atoms with Gasteiger partial charge in [0, 0.05) is 31.7 Å². The largest absolute Gasteiger partial charge is 0.492 e. The summed E-state index contributed by atoms with van der Waals surface area (Å²) in [4.78, 5) is 17.6. The second kappa shape index (κ2) is 12.5. The van der Waals surface area contributed by atoms with Crippen LogP contribution in [0.25, 0.3) is 0 Å². The Bertz CT molecular complexity index is 792. The number of likely N-dealkylation sites (tertiary alicyclic amines) is 1. The highest BCUT2D eigenvalue weighted by Gasteiger charge is 2.25. The van der Waals surface area contributed by atoms with Gasteiger partial charge in [0.15, 0.2) is 0 Å². The lowest BCUT2D eigenvalue weighted by Gasteiger charge is -2.32. The molecule has 1 N–H and O–H groups in total. The van der Waals surface area contributed by atoms with E-state index >= 15 is 0 Å². The standard InChI is InChI=1S/C26H37N3O2/c1-3-28(4-2)17-18-31-25-15-9-8-13-23(25)19-27-26(30)24-14-10-16-29(21-24)20-22-11-6-5-7-12-22/h5-9,11-13,15,24H,3-4,10,14,16-21H2,1-2H3,(H,27,30). The number of ether oxygens (including phenoxy) is 1. The lowest BCUT2D eigenvalue weighted by molar-refractivity contribution is -0.126. The van der Waals surface area contributed by atoms with Gasteiger partial charge >= 0.3 is 0 Å². The first kappa shape index (κ1) is 23.3. The summed E-state index contributed by atoms with van der Waals surface area (Å²) in [5, 5.41) is 3.16. The maximum atomic E-state index is 12.9. The molecule has 5 nitrogen and oxygen atoms in total. The maximum Gasteiger partial charge on any atom is 0.224 e. The van der Waals surface area contributed by atoms with E-state index in [1.807, 2.05) is 30.3 Å². The fourth-order valence-electron chi connectivity index (χ4n) is 4.20. The van der Waals surface area contributed by atoms with Crippen LogP contribution in [0.15, 0.2) is 54.6 Å². The number of carbonyl (C=O) groups excluding carboxylic acids is 1. The van der Waals surface area contributed by atoms with Crippen LogP contribution in [0, 0.1) is 5.92 Å². The van der Waals surface area contributed by atoms with Crippen molar-refractivity contribution in [3.63, 3.8) is 0 Å². The van der Waals surface area contributed by atoms with Crippen LogP contribution in [0.3, 0.4) is 0 Å². The van der Waals surface area contributed by atoms with Gasteiger partial charge in [0.2, 0.25) is 5.91 Å². The fraction of sp³-hybridized carbons (Fsp3) is 0.500. The number of nitrogens with zero attached hydrogens (tertiary/aromatic N) is 2. The molecule has 0 radical (unpaired) electrons. The summed E-state index contributed by atoms with van der Waals surface area (Å²) in [7, 11) is 0. The number of carbonyl (C=O) groups is 1. The third-order valence-corrected chi connectivity index (χ3v) is 6.11. The quantitative estimate of drug-likeness (QED) is 0.595. The minimum absolute atomic E-state index is 0.0493. The predicted molar refractivity (Wildman–Crippen MR) is 126 cm³/mol. The van der Waals surface area contributed by atoms with E-state index in [0.29, 0.717) is 13.2 Å². The number of benzene rings is 2. The van der Waals surface area contributed by atoms with E-state index in [2.05, 4.69) is 53.2 Å². The highest BCUT2D eigenvalue weighted by atomic mass is 16.5. The summed E-state index contributed by atoms with van der Waals surface area (Å²) >= 11 is 0. The highest BCUT2D eigenvalue weighted by Crippen LogP contribution is 2.21. The van der Waals surface area contributed by atoms with E-state index in [4.69, 9.17) is 4.74 Å². The minimum Gasteiger partial charge on any atom is -0.492 e. The molecule has 0 aromatic heterocycles. The Morgan fingerprint density at radius 3 is 2.61 bits per heavy atom. The van der Waals surface area contributed by atoms with E-state index in [1.165, 1.54) is 5.56 Å². The Kier molecular flexibility index (Phi) is 9.38. The Morgan fingerprint density at radius 2 is 1.84 bits per heavy atom. The summed E-state index contributed by atoms with van der Waals surface area (Å²) in [5.74, 6) is 1.06. The Balaban J connectivity index is 1.48. The Hall–Kier alpha value is -2.37. The van der Waals surface area contributed by atoms with E-state index in [-0.39, 0.29) is 11.8 Å². The van der Waals surface area contributed by atoms with Gasteiger partial charge in [-0.3, -0.25) is 9.69 Å². The van der Waals surface area contributed by atoms with Crippen LogP contribution >= 0.6 is 0 Å². The number of nitrogens with one attached hydrogen (secondary N) is 1. The third-order valence-electron chi connectivity index (χ3n) is 6.11. The number of hydrogen-bond donors (Lipinski definition) is 1. The van der Waals surface area contributed by atoms with E-state index in [0.717, 1.165) is 63.4 Å². The van der Waals surface area contributed by atoms with Crippen LogP contribution < -0.4 is 10.1 Å². The molecule has 1 atom stereocenters. The second-order valence-electron chi connectivity index (χ2n) is 8.26. The Labute approximate surface area is 187 Å². The first-order chi connectivity index (χ1) is 15.2. The molecule has 168 valence electrons. The van der Waals surface area contributed by atoms with Crippen LogP contribution in [-0.2, 0) is 17.9 Å². The molecule has 0 spiro atoms. The summed E-state index contributed by atoms with van der Waals surface area (Å²) in [5.41, 5.74) is 2.34. The van der Waals surface area contributed by atoms with Crippen LogP contribution in [0.4, 0.5) is 0 Å². The van der Waals surface area contributed by atoms with Crippen molar-refractivity contribution >= 4 is 5.91 Å². The van der Waals surface area contributed by atoms with Crippen LogP contribution in [0.2, 0.25) is 0 Å². The topological polar surface area (TPSA) is 44.8 Å². The fourth-order valence-corrected chi connectivity index (χ4v) is 4.20. The van der Waals surface area contributed by atoms with Gasteiger partial charge in [0.1, 0.15) is 12.4 Å². The summed E-state index contributed by atoms with van der Waals surface area (Å²) in [6.07, 6.45) is 2.02. The molecule has 1 fully saturated rings. The molecule has 1 amide bonds. The van der Waals surface area contributed by atoms with E-state index in [9.17, 15) is 4.79 Å². The van der Waals surface area contributed by atoms with Crippen molar-refractivity contribution < 1.29 is 9.53 Å². The van der Waals surface area contributed by atoms with Crippen LogP contribution in [-0.4, -0.2) is 55.0 Å². The number of hydrogen-bond acceptors (Lipinski definition) is 4. The van der Waals surface area contributed by atoms with Gasteiger partial charge in [0.25, 0.3) is 0 Å². The number of likely N-dealkylation sites (N-methyl/N-ethyl adjacent to an activating group) is 1. The van der Waals surface area contributed by atoms with Crippen molar-refractivity contribution in [2.75, 3.05) is 39.3 Å². The number of amides is 1. The minimum atomic E-state index is 0.0493. The summed E-state index contributed by atoms with van der Waals surface area (Å²) in [6, 6.07) is 18.5. The molecule has 1 unspecified atom stereocenters. The monoisotopic (exact) mass is 423 g/mol. The molecule has 1 heterocycles. The number of para-hydroxylation sites is 1. The molecule has 1 aliphatic rings. The third kappa shape index (κ3) is 7.37. The highest BCUT2D eigenvalue weighted by molar-refractivity contribution is 5.79. The van der Waals surface area contributed by atoms with Gasteiger partial charge in [-0.1, -0.05) is 62.4 Å². The number of piperidine rings is 1. The summed E-state index contributed by atoms with van der Waals surface area (Å²) < 4.78 is 6.03. The first-order valence-electron chi connectivity index (χ1n) is 11.7. The van der Waals surface area contributed by atoms with E-state index < -0.39 is 0 Å². The number of rotatable bonds is 11. The van der Waals surface area contributed by atoms with Gasteiger partial charge in [-0.25, -0.2) is 0 Å². The van der Waals surface area contributed by atoms with Gasteiger partial charge in [-0.05, 0) is 44.1 Å². The normalized spacial score (nSPS) is 16.9. The van der Waals surface area contributed by atoms with Crippen LogP contribution in [0.1, 0.15) is 37.8 Å². The molecule has 0 aliphatic carbocycles. The van der Waals surface area contributed by atoms with Crippen molar-refractivity contribution in [3.05, 3.63) is 65.7 Å². The molecule has 0 bridgehead atoms. The second-order valence-corrected chi connectivity index (χ2v) is 8.26. The van der Waals surface area contributed by atoms with Gasteiger partial charge in [-0.2, -0.15) is 0 Å². The van der Waals surface area contributed by atoms with Crippen LogP contribution in [0.5, 0.6) is 5.75 Å². The van der Waals surface area contributed by atoms with Gasteiger partial charge in [-0.15, -0.1) is 0 Å². The lowest BCUT2D eigenvalue weighted by atomic mass is 9.96. The van der Waals surface area contributed by atoms with Crippen molar-refractivity contribution in [1.29, 1.82) is 0 Å². The Morgan fingerprint density at radius 1 is 1.10 bits per heavy atom.